The predicted molar refractivity (Wildman–Crippen MR) is 83.2 cm³/mol. The second-order valence-electron chi connectivity index (χ2n) is 4.85. The third kappa shape index (κ3) is 3.23. The summed E-state index contributed by atoms with van der Waals surface area (Å²) in [7, 11) is 1.94. The Kier molecular flexibility index (Phi) is 4.88. The van der Waals surface area contributed by atoms with Crippen molar-refractivity contribution in [1.29, 1.82) is 0 Å². The van der Waals surface area contributed by atoms with Gasteiger partial charge in [0.2, 0.25) is 0 Å². The normalized spacial score (nSPS) is 10.3. The molecule has 2 aromatic rings. The van der Waals surface area contributed by atoms with Crippen LogP contribution in [0.3, 0.4) is 0 Å². The molecule has 0 bridgehead atoms. The summed E-state index contributed by atoms with van der Waals surface area (Å²) in [6.45, 7) is 2.19. The molecule has 0 atom stereocenters. The lowest BCUT2D eigenvalue weighted by atomic mass is 9.99. The number of aromatic nitrogens is 1. The molecule has 0 unspecified atom stereocenters. The van der Waals surface area contributed by atoms with E-state index in [-0.39, 0.29) is 0 Å². The van der Waals surface area contributed by atoms with E-state index >= 15 is 0 Å². The summed E-state index contributed by atoms with van der Waals surface area (Å²) in [5, 5.41) is 3.23. The molecule has 1 aromatic carbocycles. The molecule has 1 heterocycles. The molecule has 0 saturated carbocycles. The van der Waals surface area contributed by atoms with Gasteiger partial charge in [0.1, 0.15) is 0 Å². The van der Waals surface area contributed by atoms with Crippen molar-refractivity contribution in [3.63, 3.8) is 0 Å². The molecule has 0 fully saturated rings. The van der Waals surface area contributed by atoms with Crippen LogP contribution in [0.5, 0.6) is 0 Å². The van der Waals surface area contributed by atoms with Gasteiger partial charge in [-0.25, -0.2) is 0 Å². The van der Waals surface area contributed by atoms with Gasteiger partial charge in [-0.15, -0.1) is 0 Å². The highest BCUT2D eigenvalue weighted by Crippen LogP contribution is 2.26. The average molecular weight is 268 g/mol. The molecule has 0 saturated heterocycles. The highest BCUT2D eigenvalue weighted by atomic mass is 16.1. The minimum Gasteiger partial charge on any atom is -0.388 e. The maximum atomic E-state index is 10.8. The summed E-state index contributed by atoms with van der Waals surface area (Å²) in [5.41, 5.74) is 5.17. The molecule has 0 radical (unpaired) electrons. The second kappa shape index (κ2) is 6.85. The van der Waals surface area contributed by atoms with E-state index in [1.54, 1.807) is 12.4 Å². The van der Waals surface area contributed by atoms with E-state index < -0.39 is 0 Å². The van der Waals surface area contributed by atoms with Gasteiger partial charge in [-0.1, -0.05) is 19.4 Å². The average Bonchev–Trinajstić information content (AvgIpc) is 2.52. The molecular formula is C17H20N2O. The van der Waals surface area contributed by atoms with E-state index in [0.29, 0.717) is 5.56 Å². The van der Waals surface area contributed by atoms with Crippen LogP contribution in [0.2, 0.25) is 0 Å². The second-order valence-corrected chi connectivity index (χ2v) is 4.85. The van der Waals surface area contributed by atoms with Crippen molar-refractivity contribution >= 4 is 12.0 Å². The van der Waals surface area contributed by atoms with Crippen molar-refractivity contribution in [3.05, 3.63) is 47.8 Å². The zero-order valence-electron chi connectivity index (χ0n) is 12.0. The Bertz CT molecular complexity index is 593. The number of rotatable bonds is 6. The molecule has 0 aliphatic rings. The van der Waals surface area contributed by atoms with Crippen molar-refractivity contribution in [2.45, 2.75) is 26.2 Å². The first-order valence-electron chi connectivity index (χ1n) is 6.99. The Morgan fingerprint density at radius 3 is 2.75 bits per heavy atom. The summed E-state index contributed by atoms with van der Waals surface area (Å²) in [6, 6.07) is 8.21. The van der Waals surface area contributed by atoms with Crippen LogP contribution < -0.4 is 5.32 Å². The van der Waals surface area contributed by atoms with Crippen LogP contribution in [0.1, 0.15) is 35.7 Å². The number of nitrogens with one attached hydrogen (secondary N) is 1. The summed E-state index contributed by atoms with van der Waals surface area (Å²) >= 11 is 0. The number of hydrogen-bond donors (Lipinski definition) is 1. The molecule has 0 spiro atoms. The van der Waals surface area contributed by atoms with Gasteiger partial charge in [-0.3, -0.25) is 9.78 Å². The fourth-order valence-electron chi connectivity index (χ4n) is 2.27. The molecule has 0 aliphatic heterocycles. The van der Waals surface area contributed by atoms with Gasteiger partial charge in [0.15, 0.2) is 6.29 Å². The van der Waals surface area contributed by atoms with Crippen LogP contribution in [-0.2, 0) is 6.42 Å². The maximum Gasteiger partial charge on any atom is 0.151 e. The Morgan fingerprint density at radius 2 is 2.05 bits per heavy atom. The number of benzene rings is 1. The molecule has 1 aromatic heterocycles. The molecular weight excluding hydrogens is 248 g/mol. The molecule has 20 heavy (non-hydrogen) atoms. The zero-order chi connectivity index (χ0) is 14.4. The first-order valence-corrected chi connectivity index (χ1v) is 6.99. The lowest BCUT2D eigenvalue weighted by Gasteiger charge is -2.11. The fourth-order valence-corrected chi connectivity index (χ4v) is 2.27. The van der Waals surface area contributed by atoms with Crippen LogP contribution in [0, 0.1) is 0 Å². The maximum absolute atomic E-state index is 10.8. The van der Waals surface area contributed by atoms with E-state index in [4.69, 9.17) is 0 Å². The number of unbranched alkanes of at least 4 members (excludes halogenated alkanes) is 1. The van der Waals surface area contributed by atoms with Gasteiger partial charge < -0.3 is 5.32 Å². The lowest BCUT2D eigenvalue weighted by Crippen LogP contribution is -1.96. The SMILES string of the molecule is CCCCc1cc(-c2cncc(C=O)c2)ccc1NC. The molecule has 2 rings (SSSR count). The van der Waals surface area contributed by atoms with Gasteiger partial charge in [0.05, 0.1) is 0 Å². The Labute approximate surface area is 120 Å². The van der Waals surface area contributed by atoms with E-state index in [9.17, 15) is 4.79 Å². The van der Waals surface area contributed by atoms with Crippen molar-refractivity contribution < 1.29 is 4.79 Å². The molecule has 3 nitrogen and oxygen atoms in total. The van der Waals surface area contributed by atoms with Crippen LogP contribution in [0.25, 0.3) is 11.1 Å². The minimum absolute atomic E-state index is 0.607. The van der Waals surface area contributed by atoms with E-state index in [1.807, 2.05) is 13.1 Å². The van der Waals surface area contributed by atoms with Crippen molar-refractivity contribution in [2.24, 2.45) is 0 Å². The van der Waals surface area contributed by atoms with Crippen molar-refractivity contribution in [3.8, 4) is 11.1 Å². The van der Waals surface area contributed by atoms with Gasteiger partial charge in [-0.2, -0.15) is 0 Å². The molecule has 0 aliphatic carbocycles. The Morgan fingerprint density at radius 1 is 1.20 bits per heavy atom. The first-order chi connectivity index (χ1) is 9.78. The highest BCUT2D eigenvalue weighted by molar-refractivity contribution is 5.78. The van der Waals surface area contributed by atoms with Crippen LogP contribution in [0.15, 0.2) is 36.7 Å². The van der Waals surface area contributed by atoms with E-state index in [2.05, 4.69) is 35.4 Å². The van der Waals surface area contributed by atoms with E-state index in [1.165, 1.54) is 24.1 Å². The number of pyridine rings is 1. The molecule has 3 heteroatoms. The number of aldehydes is 1. The number of hydrogen-bond acceptors (Lipinski definition) is 3. The highest BCUT2D eigenvalue weighted by Gasteiger charge is 2.05. The van der Waals surface area contributed by atoms with Crippen LogP contribution in [0.4, 0.5) is 5.69 Å². The fraction of sp³-hybridized carbons (Fsp3) is 0.294. The minimum atomic E-state index is 0.607. The predicted octanol–water partition coefficient (Wildman–Crippen LogP) is 3.95. The standard InChI is InChI=1S/C17H20N2O/c1-3-4-5-15-9-14(6-7-17(15)18-2)16-8-13(12-20)10-19-11-16/h6-12,18H,3-5H2,1-2H3. The summed E-state index contributed by atoms with van der Waals surface area (Å²) in [6.07, 6.45) is 7.61. The number of carbonyl (C=O) groups is 1. The summed E-state index contributed by atoms with van der Waals surface area (Å²) in [5.74, 6) is 0. The number of aryl methyl sites for hydroxylation is 1. The van der Waals surface area contributed by atoms with Gasteiger partial charge in [0.25, 0.3) is 0 Å². The molecule has 0 amide bonds. The summed E-state index contributed by atoms with van der Waals surface area (Å²) < 4.78 is 0. The van der Waals surface area contributed by atoms with Gasteiger partial charge in [0, 0.05) is 36.3 Å². The van der Waals surface area contributed by atoms with Crippen molar-refractivity contribution in [1.82, 2.24) is 4.98 Å². The monoisotopic (exact) mass is 268 g/mol. The molecule has 1 N–H and O–H groups in total. The van der Waals surface area contributed by atoms with Crippen LogP contribution >= 0.6 is 0 Å². The quantitative estimate of drug-likeness (QED) is 0.807. The third-order valence-electron chi connectivity index (χ3n) is 3.40. The Hall–Kier alpha value is -2.16. The van der Waals surface area contributed by atoms with Gasteiger partial charge >= 0.3 is 0 Å². The van der Waals surface area contributed by atoms with Crippen molar-refractivity contribution in [2.75, 3.05) is 12.4 Å². The molecule has 104 valence electrons. The first kappa shape index (κ1) is 14.3. The largest absolute Gasteiger partial charge is 0.388 e. The van der Waals surface area contributed by atoms with Gasteiger partial charge in [-0.05, 0) is 42.2 Å². The lowest BCUT2D eigenvalue weighted by molar-refractivity contribution is 0.112. The summed E-state index contributed by atoms with van der Waals surface area (Å²) in [4.78, 5) is 15.0. The topological polar surface area (TPSA) is 42.0 Å². The smallest absolute Gasteiger partial charge is 0.151 e. The third-order valence-corrected chi connectivity index (χ3v) is 3.40. The Balaban J connectivity index is 2.38. The zero-order valence-corrected chi connectivity index (χ0v) is 12.0. The number of anilines is 1. The number of carbonyl (C=O) groups excluding carboxylic acids is 1. The van der Waals surface area contributed by atoms with Crippen LogP contribution in [-0.4, -0.2) is 18.3 Å². The number of nitrogens with zero attached hydrogens (tertiary/aromatic N) is 1. The van der Waals surface area contributed by atoms with E-state index in [0.717, 1.165) is 23.8 Å².